The Hall–Kier alpha value is -1.12. The van der Waals surface area contributed by atoms with Gasteiger partial charge in [-0.25, -0.2) is 4.79 Å². The van der Waals surface area contributed by atoms with Crippen molar-refractivity contribution in [2.45, 2.75) is 35.4 Å². The van der Waals surface area contributed by atoms with E-state index in [4.69, 9.17) is 14.2 Å². The van der Waals surface area contributed by atoms with E-state index in [0.29, 0.717) is 12.0 Å². The van der Waals surface area contributed by atoms with Crippen LogP contribution in [0.1, 0.15) is 19.8 Å². The van der Waals surface area contributed by atoms with Gasteiger partial charge in [-0.05, 0) is 12.8 Å². The van der Waals surface area contributed by atoms with Crippen LogP contribution in [0.3, 0.4) is 0 Å². The molecule has 0 radical (unpaired) electrons. The van der Waals surface area contributed by atoms with Gasteiger partial charge in [-0.2, -0.15) is 0 Å². The van der Waals surface area contributed by atoms with Crippen LogP contribution in [0.2, 0.25) is 0 Å². The number of cyclic esters (lactones) is 1. The van der Waals surface area contributed by atoms with Crippen LogP contribution in [-0.2, 0) is 28.6 Å². The third-order valence-electron chi connectivity index (χ3n) is 5.13. The molecule has 22 heavy (non-hydrogen) atoms. The number of hydrogen-bond acceptors (Lipinski definition) is 6. The van der Waals surface area contributed by atoms with Crippen LogP contribution in [0.5, 0.6) is 0 Å². The summed E-state index contributed by atoms with van der Waals surface area (Å²) in [6.07, 6.45) is 0.642. The topological polar surface area (TPSA) is 78.9 Å². The molecule has 2 aliphatic heterocycles. The number of hydrogen-bond donors (Lipinski definition) is 0. The van der Waals surface area contributed by atoms with Crippen LogP contribution in [0, 0.1) is 17.8 Å². The summed E-state index contributed by atoms with van der Waals surface area (Å²) in [5.41, 5.74) is 0.341. The monoisotopic (exact) mass is 420 g/mol. The maximum atomic E-state index is 12.1. The Morgan fingerprint density at radius 2 is 2.18 bits per heavy atom. The molecule has 0 spiro atoms. The lowest BCUT2D eigenvalue weighted by Gasteiger charge is -2.51. The molecule has 6 nitrogen and oxygen atoms in total. The van der Waals surface area contributed by atoms with E-state index in [9.17, 15) is 14.4 Å². The molecular weight excluding hydrogens is 403 g/mol. The van der Waals surface area contributed by atoms with E-state index < -0.39 is 15.5 Å². The molecule has 3 fully saturated rings. The predicted molar refractivity (Wildman–Crippen MR) is 83.0 cm³/mol. The van der Waals surface area contributed by atoms with Crippen LogP contribution in [0.15, 0.2) is 12.2 Å². The second-order valence-electron chi connectivity index (χ2n) is 6.15. The molecular formula is C15H17IO6. The number of carbonyl (C=O) groups is 3. The second kappa shape index (κ2) is 5.50. The lowest BCUT2D eigenvalue weighted by molar-refractivity contribution is -0.166. The largest absolute Gasteiger partial charge is 0.464 e. The van der Waals surface area contributed by atoms with Gasteiger partial charge in [0.1, 0.15) is 12.7 Å². The van der Waals surface area contributed by atoms with E-state index in [-0.39, 0.29) is 36.4 Å². The molecule has 7 heteroatoms. The highest BCUT2D eigenvalue weighted by Crippen LogP contribution is 2.56. The molecule has 0 unspecified atom stereocenters. The van der Waals surface area contributed by atoms with Gasteiger partial charge in [-0.15, -0.1) is 0 Å². The molecule has 0 amide bonds. The molecule has 3 aliphatic rings. The number of ether oxygens (including phenoxy) is 3. The van der Waals surface area contributed by atoms with Crippen LogP contribution in [0.4, 0.5) is 0 Å². The van der Waals surface area contributed by atoms with Crippen LogP contribution < -0.4 is 0 Å². The Labute approximate surface area is 141 Å². The highest BCUT2D eigenvalue weighted by atomic mass is 127. The smallest absolute Gasteiger partial charge is 0.334 e. The number of alkyl halides is 1. The highest BCUT2D eigenvalue weighted by Gasteiger charge is 2.63. The maximum Gasteiger partial charge on any atom is 0.334 e. The highest BCUT2D eigenvalue weighted by molar-refractivity contribution is 14.1. The summed E-state index contributed by atoms with van der Waals surface area (Å²) < 4.78 is 15.3. The molecule has 0 N–H and O–H groups in total. The molecule has 0 aromatic carbocycles. The van der Waals surface area contributed by atoms with Crippen molar-refractivity contribution < 1.29 is 28.6 Å². The Morgan fingerprint density at radius 1 is 1.45 bits per heavy atom. The van der Waals surface area contributed by atoms with Gasteiger partial charge in [0.25, 0.3) is 6.47 Å². The van der Waals surface area contributed by atoms with Crippen molar-refractivity contribution in [3.05, 3.63) is 12.2 Å². The summed E-state index contributed by atoms with van der Waals surface area (Å²) >= 11 is 2.26. The van der Waals surface area contributed by atoms with Crippen LogP contribution in [-0.4, -0.2) is 40.6 Å². The molecule has 2 saturated heterocycles. The summed E-state index contributed by atoms with van der Waals surface area (Å²) in [4.78, 5) is 34.5. The minimum absolute atomic E-state index is 0.00282. The average molecular weight is 420 g/mol. The molecule has 3 rings (SSSR count). The zero-order valence-electron chi connectivity index (χ0n) is 12.1. The van der Waals surface area contributed by atoms with E-state index in [1.54, 1.807) is 0 Å². The zero-order valence-corrected chi connectivity index (χ0v) is 14.3. The lowest BCUT2D eigenvalue weighted by Crippen LogP contribution is -2.60. The van der Waals surface area contributed by atoms with Gasteiger partial charge >= 0.3 is 11.9 Å². The van der Waals surface area contributed by atoms with Gasteiger partial charge < -0.3 is 14.2 Å². The number of halogens is 1. The van der Waals surface area contributed by atoms with Crippen molar-refractivity contribution in [1.29, 1.82) is 0 Å². The molecule has 0 aromatic heterocycles. The Balaban J connectivity index is 1.95. The first kappa shape index (κ1) is 15.8. The van der Waals surface area contributed by atoms with E-state index in [1.807, 2.05) is 6.92 Å². The van der Waals surface area contributed by atoms with Crippen LogP contribution in [0.25, 0.3) is 0 Å². The normalized spacial score (nSPS) is 43.7. The molecule has 0 aromatic rings. The SMILES string of the molecule is C=C1C(=O)O[C@@H](COC=O)[C@]2(I)CC[C@@H]3[C@H](OC(=O)[C@H]3C)[C@@H]12. The lowest BCUT2D eigenvalue weighted by atomic mass is 9.64. The quantitative estimate of drug-likeness (QED) is 0.172. The zero-order chi connectivity index (χ0) is 16.1. The van der Waals surface area contributed by atoms with E-state index in [0.717, 1.165) is 12.8 Å². The number of esters is 2. The molecule has 0 bridgehead atoms. The summed E-state index contributed by atoms with van der Waals surface area (Å²) in [6, 6.07) is 0. The molecule has 1 saturated carbocycles. The van der Waals surface area contributed by atoms with E-state index >= 15 is 0 Å². The first-order valence-electron chi connectivity index (χ1n) is 7.24. The van der Waals surface area contributed by atoms with Gasteiger partial charge in [0.15, 0.2) is 6.10 Å². The van der Waals surface area contributed by atoms with Gasteiger partial charge in [0.05, 0.1) is 9.34 Å². The molecule has 2 heterocycles. The Bertz CT molecular complexity index is 546. The van der Waals surface area contributed by atoms with Gasteiger partial charge in [0, 0.05) is 17.4 Å². The summed E-state index contributed by atoms with van der Waals surface area (Å²) in [6.45, 7) is 6.08. The average Bonchev–Trinajstić information content (AvgIpc) is 2.76. The first-order valence-corrected chi connectivity index (χ1v) is 8.32. The first-order chi connectivity index (χ1) is 10.4. The van der Waals surface area contributed by atoms with E-state index in [1.165, 1.54) is 0 Å². The maximum absolute atomic E-state index is 12.1. The van der Waals surface area contributed by atoms with Gasteiger partial charge in [0.2, 0.25) is 0 Å². The molecule has 1 aliphatic carbocycles. The molecule has 120 valence electrons. The summed E-state index contributed by atoms with van der Waals surface area (Å²) in [5, 5.41) is 0. The summed E-state index contributed by atoms with van der Waals surface area (Å²) in [5.74, 6) is -1.10. The van der Waals surface area contributed by atoms with Crippen molar-refractivity contribution in [2.75, 3.05) is 6.61 Å². The predicted octanol–water partition coefficient (Wildman–Crippen LogP) is 1.40. The van der Waals surface area contributed by atoms with Crippen molar-refractivity contribution >= 4 is 41.0 Å². The third kappa shape index (κ3) is 2.16. The third-order valence-corrected chi connectivity index (χ3v) is 7.04. The molecule has 6 atom stereocenters. The standard InChI is InChI=1S/C15H17IO6/c1-7-9-3-4-15(16)10(5-20-6-17)21-14(19)8(2)11(15)12(9)22-13(7)18/h6-7,9-12H,2-5H2,1H3/t7-,9-,10-,11+,12-,15+/m0/s1. The van der Waals surface area contributed by atoms with Gasteiger partial charge in [-0.3, -0.25) is 9.59 Å². The van der Waals surface area contributed by atoms with Crippen molar-refractivity contribution in [2.24, 2.45) is 17.8 Å². The van der Waals surface area contributed by atoms with Gasteiger partial charge in [-0.1, -0.05) is 36.1 Å². The fourth-order valence-corrected chi connectivity index (χ4v) is 5.26. The van der Waals surface area contributed by atoms with Crippen molar-refractivity contribution in [1.82, 2.24) is 0 Å². The van der Waals surface area contributed by atoms with Crippen molar-refractivity contribution in [3.63, 3.8) is 0 Å². The number of rotatable bonds is 3. The number of carbonyl (C=O) groups excluding carboxylic acids is 3. The fraction of sp³-hybridized carbons (Fsp3) is 0.667. The second-order valence-corrected chi connectivity index (χ2v) is 8.15. The van der Waals surface area contributed by atoms with Crippen LogP contribution >= 0.6 is 22.6 Å². The minimum atomic E-state index is -0.558. The van der Waals surface area contributed by atoms with E-state index in [2.05, 4.69) is 29.2 Å². The number of fused-ring (bicyclic) bond motifs is 3. The minimum Gasteiger partial charge on any atom is -0.464 e. The van der Waals surface area contributed by atoms with Crippen molar-refractivity contribution in [3.8, 4) is 0 Å². The Kier molecular flexibility index (Phi) is 3.94. The summed E-state index contributed by atoms with van der Waals surface area (Å²) in [7, 11) is 0. The fourth-order valence-electron chi connectivity index (χ4n) is 3.91. The Morgan fingerprint density at radius 3 is 2.86 bits per heavy atom.